The summed E-state index contributed by atoms with van der Waals surface area (Å²) in [7, 11) is 0. The van der Waals surface area contributed by atoms with Crippen molar-refractivity contribution in [2.24, 2.45) is 51.8 Å². The third-order valence-corrected chi connectivity index (χ3v) is 12.2. The van der Waals surface area contributed by atoms with Gasteiger partial charge in [-0.3, -0.25) is 0 Å². The molecule has 4 aliphatic carbocycles. The summed E-state index contributed by atoms with van der Waals surface area (Å²) in [4.78, 5) is 0. The van der Waals surface area contributed by atoms with Crippen LogP contribution >= 0.6 is 0 Å². The second kappa shape index (κ2) is 7.93. The highest BCUT2D eigenvalue weighted by atomic mass is 16.6. The fourth-order valence-corrected chi connectivity index (χ4v) is 10.9. The van der Waals surface area contributed by atoms with Gasteiger partial charge in [0, 0.05) is 12.3 Å². The largest absolute Gasteiger partial charge is 0.393 e. The van der Waals surface area contributed by atoms with E-state index in [1.54, 1.807) is 0 Å². The van der Waals surface area contributed by atoms with E-state index in [9.17, 15) is 10.2 Å². The van der Waals surface area contributed by atoms with Crippen LogP contribution in [-0.4, -0.2) is 28.7 Å². The number of ether oxygens (including phenoxy) is 1. The SMILES string of the molecule is CC(C)=C/C(C)=C(\C)C1C2CCC3[C@@](C)(CCC4C(C)(C)C(O)CC[C@@]43C)C2C2CO[C@]1(O)C2. The van der Waals surface area contributed by atoms with Crippen LogP contribution in [0.4, 0.5) is 0 Å². The van der Waals surface area contributed by atoms with Crippen LogP contribution in [-0.2, 0) is 4.74 Å². The molecule has 1 aliphatic heterocycles. The van der Waals surface area contributed by atoms with Gasteiger partial charge < -0.3 is 14.9 Å². The normalized spacial score (nSPS) is 52.1. The monoisotopic (exact) mass is 470 g/mol. The van der Waals surface area contributed by atoms with Crippen molar-refractivity contribution in [3.05, 3.63) is 22.8 Å². The van der Waals surface area contributed by atoms with Crippen LogP contribution in [0.1, 0.15) is 100 Å². The zero-order chi connectivity index (χ0) is 24.8. The zero-order valence-corrected chi connectivity index (χ0v) is 23.1. The predicted molar refractivity (Wildman–Crippen MR) is 138 cm³/mol. The summed E-state index contributed by atoms with van der Waals surface area (Å²) >= 11 is 0. The molecule has 34 heavy (non-hydrogen) atoms. The average molecular weight is 471 g/mol. The average Bonchev–Trinajstić information content (AvgIpc) is 3.06. The highest BCUT2D eigenvalue weighted by Gasteiger charge is 2.69. The van der Waals surface area contributed by atoms with Gasteiger partial charge in [0.25, 0.3) is 0 Å². The Balaban J connectivity index is 1.55. The topological polar surface area (TPSA) is 49.7 Å². The quantitative estimate of drug-likeness (QED) is 0.432. The minimum Gasteiger partial charge on any atom is -0.393 e. The summed E-state index contributed by atoms with van der Waals surface area (Å²) in [5.41, 5.74) is 4.53. The molecule has 4 saturated carbocycles. The van der Waals surface area contributed by atoms with E-state index in [4.69, 9.17) is 4.74 Å². The maximum atomic E-state index is 11.8. The number of rotatable bonds is 2. The van der Waals surface area contributed by atoms with Crippen molar-refractivity contribution in [1.82, 2.24) is 0 Å². The molecule has 0 aromatic carbocycles. The molecule has 5 aliphatic rings. The van der Waals surface area contributed by atoms with Gasteiger partial charge >= 0.3 is 0 Å². The molecule has 0 aromatic heterocycles. The first-order chi connectivity index (χ1) is 15.8. The highest BCUT2D eigenvalue weighted by molar-refractivity contribution is 5.30. The predicted octanol–water partition coefficient (Wildman–Crippen LogP) is 6.89. The van der Waals surface area contributed by atoms with Gasteiger partial charge in [0.05, 0.1) is 12.7 Å². The van der Waals surface area contributed by atoms with Gasteiger partial charge in [-0.25, -0.2) is 0 Å². The van der Waals surface area contributed by atoms with Gasteiger partial charge in [0.15, 0.2) is 5.79 Å². The summed E-state index contributed by atoms with van der Waals surface area (Å²) in [5, 5.41) is 22.7. The summed E-state index contributed by atoms with van der Waals surface area (Å²) in [6, 6.07) is 0. The minimum atomic E-state index is -0.992. The van der Waals surface area contributed by atoms with Gasteiger partial charge in [-0.05, 0) is 112 Å². The summed E-state index contributed by atoms with van der Waals surface area (Å²) in [5.74, 6) is 1.97. The maximum Gasteiger partial charge on any atom is 0.172 e. The van der Waals surface area contributed by atoms with Gasteiger partial charge in [-0.1, -0.05) is 50.5 Å². The van der Waals surface area contributed by atoms with Gasteiger partial charge in [0.2, 0.25) is 0 Å². The third kappa shape index (κ3) is 3.32. The van der Waals surface area contributed by atoms with Crippen molar-refractivity contribution >= 4 is 0 Å². The molecule has 1 saturated heterocycles. The Labute approximate surface area is 208 Å². The van der Waals surface area contributed by atoms with E-state index in [0.717, 1.165) is 25.9 Å². The van der Waals surface area contributed by atoms with Crippen molar-refractivity contribution in [3.63, 3.8) is 0 Å². The van der Waals surface area contributed by atoms with Crippen molar-refractivity contribution in [3.8, 4) is 0 Å². The lowest BCUT2D eigenvalue weighted by molar-refractivity contribution is -0.248. The molecule has 2 bridgehead atoms. The van der Waals surface area contributed by atoms with Crippen LogP contribution in [0, 0.1) is 51.8 Å². The number of allylic oxidation sites excluding steroid dienone is 3. The first kappa shape index (κ1) is 25.0. The molecule has 2 N–H and O–H groups in total. The van der Waals surface area contributed by atoms with E-state index in [-0.39, 0.29) is 22.9 Å². The standard InChI is InChI=1S/C31H50O3/c1-18(2)15-19(3)20(4)26-22-9-10-24-29(7)14-12-25(32)28(5,6)23(29)11-13-30(24,8)27(22)21-16-31(26,33)34-17-21/h15,21-27,32-33H,9-14,16-17H2,1-8H3/b20-19+/t21?,22?,23?,24?,25?,26?,27?,29-,30+,31+/m0/s1. The van der Waals surface area contributed by atoms with Gasteiger partial charge in [-0.15, -0.1) is 0 Å². The lowest BCUT2D eigenvalue weighted by Gasteiger charge is -2.69. The molecular weight excluding hydrogens is 420 g/mol. The van der Waals surface area contributed by atoms with E-state index in [1.165, 1.54) is 42.4 Å². The Hall–Kier alpha value is -0.640. The minimum absolute atomic E-state index is 0.00220. The van der Waals surface area contributed by atoms with Crippen molar-refractivity contribution < 1.29 is 14.9 Å². The number of hydrogen-bond donors (Lipinski definition) is 2. The molecular formula is C31H50O3. The molecule has 0 radical (unpaired) electrons. The second-order valence-corrected chi connectivity index (χ2v) is 14.5. The molecule has 192 valence electrons. The Bertz CT molecular complexity index is 896. The smallest absolute Gasteiger partial charge is 0.172 e. The third-order valence-electron chi connectivity index (χ3n) is 12.2. The molecule has 0 spiro atoms. The van der Waals surface area contributed by atoms with Crippen LogP contribution in [0.3, 0.4) is 0 Å². The maximum absolute atomic E-state index is 11.8. The fraction of sp³-hybridized carbons (Fsp3) is 0.871. The summed E-state index contributed by atoms with van der Waals surface area (Å²) < 4.78 is 6.32. The van der Waals surface area contributed by atoms with E-state index < -0.39 is 5.79 Å². The highest BCUT2D eigenvalue weighted by Crippen LogP contribution is 2.73. The Kier molecular flexibility index (Phi) is 5.84. The Morgan fingerprint density at radius 3 is 2.24 bits per heavy atom. The first-order valence-corrected chi connectivity index (χ1v) is 14.1. The van der Waals surface area contributed by atoms with Crippen LogP contribution < -0.4 is 0 Å². The number of aliphatic hydroxyl groups excluding tert-OH is 1. The molecule has 0 amide bonds. The number of aliphatic hydroxyl groups is 2. The fourth-order valence-electron chi connectivity index (χ4n) is 10.9. The molecule has 5 rings (SSSR count). The number of hydrogen-bond acceptors (Lipinski definition) is 3. The Morgan fingerprint density at radius 2 is 1.56 bits per heavy atom. The second-order valence-electron chi connectivity index (χ2n) is 14.5. The van der Waals surface area contributed by atoms with Crippen LogP contribution in [0.25, 0.3) is 0 Å². The molecule has 0 aromatic rings. The first-order valence-electron chi connectivity index (χ1n) is 14.1. The van der Waals surface area contributed by atoms with Gasteiger partial charge in [0.1, 0.15) is 0 Å². The van der Waals surface area contributed by atoms with E-state index >= 15 is 0 Å². The molecule has 10 atom stereocenters. The molecule has 7 unspecified atom stereocenters. The Morgan fingerprint density at radius 1 is 0.882 bits per heavy atom. The van der Waals surface area contributed by atoms with Crippen LogP contribution in [0.15, 0.2) is 22.8 Å². The van der Waals surface area contributed by atoms with E-state index in [2.05, 4.69) is 61.5 Å². The molecule has 5 fully saturated rings. The number of fused-ring (bicyclic) bond motifs is 8. The molecule has 3 heteroatoms. The van der Waals surface area contributed by atoms with Crippen molar-refractivity contribution in [2.45, 2.75) is 112 Å². The van der Waals surface area contributed by atoms with Crippen LogP contribution in [0.5, 0.6) is 0 Å². The van der Waals surface area contributed by atoms with Crippen molar-refractivity contribution in [2.75, 3.05) is 6.61 Å². The van der Waals surface area contributed by atoms with E-state index in [1.807, 2.05) is 0 Å². The zero-order valence-electron chi connectivity index (χ0n) is 23.1. The van der Waals surface area contributed by atoms with Gasteiger partial charge in [-0.2, -0.15) is 0 Å². The summed E-state index contributed by atoms with van der Waals surface area (Å²) in [6.45, 7) is 19.4. The van der Waals surface area contributed by atoms with Crippen LogP contribution in [0.2, 0.25) is 0 Å². The van der Waals surface area contributed by atoms with E-state index in [0.29, 0.717) is 35.0 Å². The lowest BCUT2D eigenvalue weighted by atomic mass is 9.36. The molecule has 1 heterocycles. The molecule has 3 nitrogen and oxygen atoms in total. The summed E-state index contributed by atoms with van der Waals surface area (Å²) in [6.07, 6.45) is 9.95. The lowest BCUT2D eigenvalue weighted by Crippen LogP contribution is -2.64. The van der Waals surface area contributed by atoms with Crippen molar-refractivity contribution in [1.29, 1.82) is 0 Å².